The van der Waals surface area contributed by atoms with E-state index in [1.54, 1.807) is 30.3 Å². The van der Waals surface area contributed by atoms with Crippen molar-refractivity contribution in [3.05, 3.63) is 57.0 Å². The van der Waals surface area contributed by atoms with Crippen molar-refractivity contribution < 1.29 is 13.2 Å². The number of hydrogen-bond donors (Lipinski definition) is 1. The van der Waals surface area contributed by atoms with Gasteiger partial charge in [0.05, 0.1) is 15.5 Å². The van der Waals surface area contributed by atoms with Crippen LogP contribution in [0.4, 0.5) is 5.69 Å². The van der Waals surface area contributed by atoms with E-state index in [1.165, 1.54) is 10.4 Å². The van der Waals surface area contributed by atoms with Gasteiger partial charge >= 0.3 is 0 Å². The summed E-state index contributed by atoms with van der Waals surface area (Å²) >= 11 is 9.44. The smallest absolute Gasteiger partial charge is 0.257 e. The van der Waals surface area contributed by atoms with E-state index in [0.29, 0.717) is 29.4 Å². The highest BCUT2D eigenvalue weighted by molar-refractivity contribution is 9.10. The summed E-state index contributed by atoms with van der Waals surface area (Å²) in [6, 6.07) is 9.81. The fraction of sp³-hybridized carbons (Fsp3) is 0.316. The molecule has 1 aliphatic rings. The van der Waals surface area contributed by atoms with Crippen molar-refractivity contribution in [2.75, 3.05) is 18.4 Å². The van der Waals surface area contributed by atoms with Crippen LogP contribution in [-0.4, -0.2) is 31.7 Å². The summed E-state index contributed by atoms with van der Waals surface area (Å²) in [4.78, 5) is 12.8. The maximum Gasteiger partial charge on any atom is 0.257 e. The molecule has 0 aliphatic carbocycles. The first-order chi connectivity index (χ1) is 12.8. The molecule has 2 aromatic rings. The van der Waals surface area contributed by atoms with E-state index >= 15 is 0 Å². The van der Waals surface area contributed by atoms with Crippen LogP contribution in [0.3, 0.4) is 0 Å². The molecule has 0 atom stereocenters. The molecule has 0 spiro atoms. The SMILES string of the molecule is Cc1ccc(S(=O)(=O)N2CCCCC2)cc1NC(=O)c1cc(Br)ccc1Cl. The monoisotopic (exact) mass is 470 g/mol. The highest BCUT2D eigenvalue weighted by atomic mass is 79.9. The summed E-state index contributed by atoms with van der Waals surface area (Å²) in [5.41, 5.74) is 1.54. The van der Waals surface area contributed by atoms with Crippen LogP contribution in [0, 0.1) is 6.92 Å². The molecule has 0 bridgehead atoms. The van der Waals surface area contributed by atoms with Crippen LogP contribution in [-0.2, 0) is 10.0 Å². The third-order valence-electron chi connectivity index (χ3n) is 4.58. The number of rotatable bonds is 4. The highest BCUT2D eigenvalue weighted by Gasteiger charge is 2.26. The number of aryl methyl sites for hydroxylation is 1. The summed E-state index contributed by atoms with van der Waals surface area (Å²) < 4.78 is 28.0. The van der Waals surface area contributed by atoms with Crippen LogP contribution in [0.25, 0.3) is 0 Å². The van der Waals surface area contributed by atoms with Gasteiger partial charge in [0.25, 0.3) is 5.91 Å². The van der Waals surface area contributed by atoms with Gasteiger partial charge in [-0.15, -0.1) is 0 Å². The molecule has 144 valence electrons. The largest absolute Gasteiger partial charge is 0.322 e. The van der Waals surface area contributed by atoms with E-state index in [9.17, 15) is 13.2 Å². The van der Waals surface area contributed by atoms with E-state index in [1.807, 2.05) is 6.92 Å². The van der Waals surface area contributed by atoms with E-state index in [4.69, 9.17) is 11.6 Å². The lowest BCUT2D eigenvalue weighted by Crippen LogP contribution is -2.35. The first-order valence-electron chi connectivity index (χ1n) is 8.66. The van der Waals surface area contributed by atoms with Gasteiger partial charge < -0.3 is 5.32 Å². The summed E-state index contributed by atoms with van der Waals surface area (Å²) in [7, 11) is -3.57. The minimum atomic E-state index is -3.57. The van der Waals surface area contributed by atoms with E-state index < -0.39 is 15.9 Å². The molecule has 8 heteroatoms. The van der Waals surface area contributed by atoms with Crippen molar-refractivity contribution in [2.24, 2.45) is 0 Å². The molecule has 1 amide bonds. The van der Waals surface area contributed by atoms with E-state index in [0.717, 1.165) is 29.3 Å². The van der Waals surface area contributed by atoms with Gasteiger partial charge in [-0.3, -0.25) is 4.79 Å². The number of anilines is 1. The van der Waals surface area contributed by atoms with Crippen LogP contribution >= 0.6 is 27.5 Å². The Morgan fingerprint density at radius 1 is 1.11 bits per heavy atom. The number of benzene rings is 2. The van der Waals surface area contributed by atoms with Gasteiger partial charge in [-0.05, 0) is 55.7 Å². The minimum Gasteiger partial charge on any atom is -0.322 e. The van der Waals surface area contributed by atoms with Crippen molar-refractivity contribution in [2.45, 2.75) is 31.1 Å². The molecule has 2 aromatic carbocycles. The Morgan fingerprint density at radius 3 is 2.52 bits per heavy atom. The molecular formula is C19H20BrClN2O3S. The molecule has 0 saturated carbocycles. The number of nitrogens with one attached hydrogen (secondary N) is 1. The predicted molar refractivity (Wildman–Crippen MR) is 111 cm³/mol. The second-order valence-electron chi connectivity index (χ2n) is 6.52. The van der Waals surface area contributed by atoms with Gasteiger partial charge in [-0.1, -0.05) is 40.0 Å². The second-order valence-corrected chi connectivity index (χ2v) is 9.78. The molecule has 3 rings (SSSR count). The first-order valence-corrected chi connectivity index (χ1v) is 11.3. The summed E-state index contributed by atoms with van der Waals surface area (Å²) in [6.45, 7) is 2.88. The highest BCUT2D eigenvalue weighted by Crippen LogP contribution is 2.27. The number of sulfonamides is 1. The van der Waals surface area contributed by atoms with Gasteiger partial charge in [0.15, 0.2) is 0 Å². The topological polar surface area (TPSA) is 66.5 Å². The lowest BCUT2D eigenvalue weighted by Gasteiger charge is -2.26. The van der Waals surface area contributed by atoms with Crippen LogP contribution in [0.5, 0.6) is 0 Å². The third kappa shape index (κ3) is 4.54. The molecule has 0 unspecified atom stereocenters. The fourth-order valence-electron chi connectivity index (χ4n) is 3.01. The number of carbonyl (C=O) groups is 1. The Morgan fingerprint density at radius 2 is 1.81 bits per heavy atom. The lowest BCUT2D eigenvalue weighted by atomic mass is 10.1. The van der Waals surface area contributed by atoms with Crippen LogP contribution in [0.1, 0.15) is 35.2 Å². The third-order valence-corrected chi connectivity index (χ3v) is 7.30. The average molecular weight is 472 g/mol. The van der Waals surface area contributed by atoms with Gasteiger partial charge in [-0.25, -0.2) is 8.42 Å². The van der Waals surface area contributed by atoms with E-state index in [-0.39, 0.29) is 4.90 Å². The molecule has 1 aliphatic heterocycles. The zero-order chi connectivity index (χ0) is 19.6. The predicted octanol–water partition coefficient (Wildman–Crippen LogP) is 4.84. The summed E-state index contributed by atoms with van der Waals surface area (Å²) in [5, 5.41) is 3.11. The number of carbonyl (C=O) groups excluding carboxylic acids is 1. The zero-order valence-corrected chi connectivity index (χ0v) is 18.0. The molecule has 1 N–H and O–H groups in total. The standard InChI is InChI=1S/C19H20BrClN2O3S/c1-13-5-7-15(27(25,26)23-9-3-2-4-10-23)12-18(13)22-19(24)16-11-14(20)6-8-17(16)21/h5-8,11-12H,2-4,9-10H2,1H3,(H,22,24). The van der Waals surface area contributed by atoms with E-state index in [2.05, 4.69) is 21.2 Å². The number of halogens is 2. The van der Waals surface area contributed by atoms with Crippen molar-refractivity contribution in [3.8, 4) is 0 Å². The Kier molecular flexibility index (Phi) is 6.25. The zero-order valence-electron chi connectivity index (χ0n) is 14.8. The van der Waals surface area contributed by atoms with Gasteiger partial charge in [0, 0.05) is 23.2 Å². The summed E-state index contributed by atoms with van der Waals surface area (Å²) in [5.74, 6) is -0.392. The van der Waals surface area contributed by atoms with Crippen LogP contribution < -0.4 is 5.32 Å². The van der Waals surface area contributed by atoms with Gasteiger partial charge in [-0.2, -0.15) is 4.31 Å². The molecule has 0 radical (unpaired) electrons. The Bertz CT molecular complexity index is 973. The van der Waals surface area contributed by atoms with Crippen LogP contribution in [0.2, 0.25) is 5.02 Å². The minimum absolute atomic E-state index is 0.186. The Labute approximate surface area is 172 Å². The number of hydrogen-bond acceptors (Lipinski definition) is 3. The molecule has 1 fully saturated rings. The molecule has 5 nitrogen and oxygen atoms in total. The van der Waals surface area contributed by atoms with Crippen molar-refractivity contribution in [1.82, 2.24) is 4.31 Å². The first kappa shape index (κ1) is 20.3. The number of piperidine rings is 1. The maximum absolute atomic E-state index is 12.9. The number of amides is 1. The lowest BCUT2D eigenvalue weighted by molar-refractivity contribution is 0.102. The van der Waals surface area contributed by atoms with Gasteiger partial charge in [0.1, 0.15) is 0 Å². The second kappa shape index (κ2) is 8.31. The molecule has 0 aromatic heterocycles. The van der Waals surface area contributed by atoms with Crippen molar-refractivity contribution >= 4 is 49.1 Å². The maximum atomic E-state index is 12.9. The normalized spacial score (nSPS) is 15.5. The number of nitrogens with zero attached hydrogens (tertiary/aromatic N) is 1. The van der Waals surface area contributed by atoms with Crippen molar-refractivity contribution in [3.63, 3.8) is 0 Å². The molecule has 1 heterocycles. The quantitative estimate of drug-likeness (QED) is 0.694. The average Bonchev–Trinajstić information content (AvgIpc) is 2.66. The fourth-order valence-corrected chi connectivity index (χ4v) is 5.12. The van der Waals surface area contributed by atoms with Crippen molar-refractivity contribution in [1.29, 1.82) is 0 Å². The summed E-state index contributed by atoms with van der Waals surface area (Å²) in [6.07, 6.45) is 2.79. The Balaban J connectivity index is 1.89. The molecule has 27 heavy (non-hydrogen) atoms. The van der Waals surface area contributed by atoms with Crippen LogP contribution in [0.15, 0.2) is 45.8 Å². The molecule has 1 saturated heterocycles. The Hall–Kier alpha value is -1.41. The van der Waals surface area contributed by atoms with Gasteiger partial charge in [0.2, 0.25) is 10.0 Å². The molecular weight excluding hydrogens is 452 g/mol.